The number of hydrogen-bond donors (Lipinski definition) is 1. The van der Waals surface area contributed by atoms with Gasteiger partial charge in [0.2, 0.25) is 0 Å². The first-order valence-electron chi connectivity index (χ1n) is 4.78. The van der Waals surface area contributed by atoms with E-state index < -0.39 is 0 Å². The number of aliphatic hydroxyl groups excluding tert-OH is 1. The van der Waals surface area contributed by atoms with Gasteiger partial charge in [0.05, 0.1) is 11.1 Å². The molecular formula is C11H15BrN2O. The Labute approximate surface area is 98.6 Å². The second-order valence-electron chi connectivity index (χ2n) is 3.22. The molecule has 0 spiro atoms. The Morgan fingerprint density at radius 3 is 3.00 bits per heavy atom. The van der Waals surface area contributed by atoms with Crippen LogP contribution in [0.5, 0.6) is 0 Å². The van der Waals surface area contributed by atoms with Crippen molar-refractivity contribution in [2.45, 2.75) is 6.92 Å². The average molecular weight is 271 g/mol. The topological polar surface area (TPSA) is 36.4 Å². The van der Waals surface area contributed by atoms with E-state index >= 15 is 0 Å². The number of aromatic nitrogens is 1. The number of aliphatic hydroxyl groups is 1. The molecule has 0 bridgehead atoms. The third-order valence-corrected chi connectivity index (χ3v) is 3.06. The number of aryl methyl sites for hydroxylation is 1. The van der Waals surface area contributed by atoms with E-state index in [9.17, 15) is 0 Å². The maximum atomic E-state index is 8.97. The first kappa shape index (κ1) is 12.2. The molecular weight excluding hydrogens is 256 g/mol. The molecule has 3 nitrogen and oxygen atoms in total. The minimum Gasteiger partial charge on any atom is -0.395 e. The van der Waals surface area contributed by atoms with Crippen LogP contribution in [0.1, 0.15) is 5.56 Å². The maximum Gasteiger partial charge on any atom is 0.143 e. The lowest BCUT2D eigenvalue weighted by atomic mass is 10.3. The molecule has 1 N–H and O–H groups in total. The van der Waals surface area contributed by atoms with Crippen LogP contribution in [0.25, 0.3) is 0 Å². The van der Waals surface area contributed by atoms with E-state index in [-0.39, 0.29) is 6.61 Å². The molecule has 1 aromatic rings. The van der Waals surface area contributed by atoms with E-state index in [2.05, 4.69) is 27.5 Å². The van der Waals surface area contributed by atoms with Crippen molar-refractivity contribution in [3.05, 3.63) is 35.0 Å². The molecule has 0 saturated carbocycles. The van der Waals surface area contributed by atoms with Crippen molar-refractivity contribution >= 4 is 21.7 Å². The summed E-state index contributed by atoms with van der Waals surface area (Å²) in [5.74, 6) is 0.851. The van der Waals surface area contributed by atoms with Crippen LogP contribution in [-0.4, -0.2) is 29.8 Å². The van der Waals surface area contributed by atoms with Gasteiger partial charge >= 0.3 is 0 Å². The lowest BCUT2D eigenvalue weighted by Crippen LogP contribution is -2.28. The first-order valence-corrected chi connectivity index (χ1v) is 5.57. The normalized spacial score (nSPS) is 10.1. The number of rotatable bonds is 5. The summed E-state index contributed by atoms with van der Waals surface area (Å²) in [6, 6.07) is 1.94. The highest BCUT2D eigenvalue weighted by Gasteiger charge is 2.10. The summed E-state index contributed by atoms with van der Waals surface area (Å²) >= 11 is 3.50. The van der Waals surface area contributed by atoms with Gasteiger partial charge in [-0.15, -0.1) is 6.58 Å². The largest absolute Gasteiger partial charge is 0.395 e. The fourth-order valence-corrected chi connectivity index (χ4v) is 1.79. The van der Waals surface area contributed by atoms with Crippen LogP contribution in [0.15, 0.2) is 29.4 Å². The van der Waals surface area contributed by atoms with Gasteiger partial charge in [0.25, 0.3) is 0 Å². The fourth-order valence-electron chi connectivity index (χ4n) is 1.31. The molecule has 0 fully saturated rings. The molecule has 1 rings (SSSR count). The van der Waals surface area contributed by atoms with Gasteiger partial charge in [0.15, 0.2) is 0 Å². The van der Waals surface area contributed by atoms with E-state index in [4.69, 9.17) is 5.11 Å². The predicted molar refractivity (Wildman–Crippen MR) is 66.2 cm³/mol. The van der Waals surface area contributed by atoms with Crippen molar-refractivity contribution in [3.8, 4) is 0 Å². The molecule has 15 heavy (non-hydrogen) atoms. The highest BCUT2D eigenvalue weighted by Crippen LogP contribution is 2.26. The number of nitrogens with zero attached hydrogens (tertiary/aromatic N) is 2. The van der Waals surface area contributed by atoms with Crippen LogP contribution in [0, 0.1) is 6.92 Å². The summed E-state index contributed by atoms with van der Waals surface area (Å²) in [7, 11) is 0. The molecule has 0 aromatic carbocycles. The van der Waals surface area contributed by atoms with Gasteiger partial charge in [-0.05, 0) is 34.5 Å². The molecule has 0 saturated heterocycles. The van der Waals surface area contributed by atoms with E-state index in [1.807, 2.05) is 17.9 Å². The first-order chi connectivity index (χ1) is 7.20. The molecule has 82 valence electrons. The van der Waals surface area contributed by atoms with Gasteiger partial charge in [-0.3, -0.25) is 0 Å². The summed E-state index contributed by atoms with van der Waals surface area (Å²) in [5, 5.41) is 8.97. The highest BCUT2D eigenvalue weighted by molar-refractivity contribution is 9.10. The Morgan fingerprint density at radius 1 is 1.67 bits per heavy atom. The molecule has 0 amide bonds. The quantitative estimate of drug-likeness (QED) is 0.833. The van der Waals surface area contributed by atoms with Crippen LogP contribution in [-0.2, 0) is 0 Å². The molecule has 1 aromatic heterocycles. The standard InChI is InChI=1S/C11H15BrN2O/c1-3-6-14(7-8-15)11-10(12)9(2)4-5-13-11/h3-5,15H,1,6-8H2,2H3. The summed E-state index contributed by atoms with van der Waals surface area (Å²) < 4.78 is 0.973. The van der Waals surface area contributed by atoms with Crippen molar-refractivity contribution in [2.24, 2.45) is 0 Å². The Kier molecular flexibility index (Phi) is 4.78. The third kappa shape index (κ3) is 3.04. The lowest BCUT2D eigenvalue weighted by molar-refractivity contribution is 0.302. The molecule has 1 heterocycles. The molecule has 0 aliphatic carbocycles. The third-order valence-electron chi connectivity index (χ3n) is 2.08. The molecule has 0 radical (unpaired) electrons. The Bertz CT molecular complexity index is 341. The lowest BCUT2D eigenvalue weighted by Gasteiger charge is -2.22. The van der Waals surface area contributed by atoms with Gasteiger partial charge in [-0.2, -0.15) is 0 Å². The molecule has 4 heteroatoms. The van der Waals surface area contributed by atoms with E-state index in [0.717, 1.165) is 15.9 Å². The number of anilines is 1. The molecule has 0 atom stereocenters. The summed E-state index contributed by atoms with van der Waals surface area (Å²) in [6.45, 7) is 7.05. The van der Waals surface area contributed by atoms with Crippen molar-refractivity contribution in [3.63, 3.8) is 0 Å². The second-order valence-corrected chi connectivity index (χ2v) is 4.02. The van der Waals surface area contributed by atoms with Crippen LogP contribution >= 0.6 is 15.9 Å². The number of halogens is 1. The Balaban J connectivity index is 2.99. The van der Waals surface area contributed by atoms with E-state index in [0.29, 0.717) is 13.1 Å². The van der Waals surface area contributed by atoms with E-state index in [1.54, 1.807) is 12.3 Å². The van der Waals surface area contributed by atoms with Gasteiger partial charge in [-0.25, -0.2) is 4.98 Å². The summed E-state index contributed by atoms with van der Waals surface area (Å²) in [6.07, 6.45) is 3.56. The second kappa shape index (κ2) is 5.88. The van der Waals surface area contributed by atoms with Gasteiger partial charge in [0, 0.05) is 19.3 Å². The predicted octanol–water partition coefficient (Wildman–Crippen LogP) is 2.14. The van der Waals surface area contributed by atoms with Crippen molar-refractivity contribution in [2.75, 3.05) is 24.6 Å². The minimum absolute atomic E-state index is 0.107. The fraction of sp³-hybridized carbons (Fsp3) is 0.364. The van der Waals surface area contributed by atoms with Gasteiger partial charge in [0.1, 0.15) is 5.82 Å². The summed E-state index contributed by atoms with van der Waals surface area (Å²) in [4.78, 5) is 6.27. The molecule has 0 aliphatic rings. The van der Waals surface area contributed by atoms with Crippen LogP contribution < -0.4 is 4.90 Å². The smallest absolute Gasteiger partial charge is 0.143 e. The zero-order chi connectivity index (χ0) is 11.3. The SMILES string of the molecule is C=CCN(CCO)c1nccc(C)c1Br. The van der Waals surface area contributed by atoms with Gasteiger partial charge < -0.3 is 10.0 Å². The Morgan fingerprint density at radius 2 is 2.40 bits per heavy atom. The number of hydrogen-bond acceptors (Lipinski definition) is 3. The van der Waals surface area contributed by atoms with Gasteiger partial charge in [-0.1, -0.05) is 6.08 Å². The Hall–Kier alpha value is -0.870. The average Bonchev–Trinajstić information content (AvgIpc) is 2.22. The van der Waals surface area contributed by atoms with Crippen LogP contribution in [0.3, 0.4) is 0 Å². The monoisotopic (exact) mass is 270 g/mol. The van der Waals surface area contributed by atoms with E-state index in [1.165, 1.54) is 0 Å². The molecule has 0 unspecified atom stereocenters. The van der Waals surface area contributed by atoms with Crippen molar-refractivity contribution in [1.82, 2.24) is 4.98 Å². The zero-order valence-corrected chi connectivity index (χ0v) is 10.4. The summed E-state index contributed by atoms with van der Waals surface area (Å²) in [5.41, 5.74) is 1.13. The minimum atomic E-state index is 0.107. The van der Waals surface area contributed by atoms with Crippen LogP contribution in [0.4, 0.5) is 5.82 Å². The maximum absolute atomic E-state index is 8.97. The van der Waals surface area contributed by atoms with Crippen LogP contribution in [0.2, 0.25) is 0 Å². The number of pyridine rings is 1. The van der Waals surface area contributed by atoms with Crippen molar-refractivity contribution < 1.29 is 5.11 Å². The molecule has 0 aliphatic heterocycles. The zero-order valence-electron chi connectivity index (χ0n) is 8.78. The highest BCUT2D eigenvalue weighted by atomic mass is 79.9. The van der Waals surface area contributed by atoms with Crippen molar-refractivity contribution in [1.29, 1.82) is 0 Å².